The van der Waals surface area contributed by atoms with Gasteiger partial charge in [0.25, 0.3) is 0 Å². The van der Waals surface area contributed by atoms with Crippen molar-refractivity contribution in [2.24, 2.45) is 0 Å². The summed E-state index contributed by atoms with van der Waals surface area (Å²) < 4.78 is 0. The number of piperazine rings is 1. The number of benzene rings is 1. The van der Waals surface area contributed by atoms with E-state index in [-0.39, 0.29) is 20.3 Å². The summed E-state index contributed by atoms with van der Waals surface area (Å²) in [5.41, 5.74) is 1.17. The molecule has 20 heavy (non-hydrogen) atoms. The van der Waals surface area contributed by atoms with Crippen LogP contribution >= 0.6 is 0 Å². The molecule has 2 aromatic rings. The SMILES string of the molecule is CN1CCN(c2n[nH]c3ccc(C(=O)O)cc23)CC1.[H-].[Li+]. The molecule has 3 rings (SSSR count). The molecule has 1 aromatic carbocycles. The van der Waals surface area contributed by atoms with Gasteiger partial charge in [-0.05, 0) is 25.2 Å². The molecule has 0 radical (unpaired) electrons. The van der Waals surface area contributed by atoms with E-state index < -0.39 is 5.97 Å². The van der Waals surface area contributed by atoms with Crippen LogP contribution in [0.3, 0.4) is 0 Å². The number of carboxylic acids is 1. The molecule has 1 aliphatic heterocycles. The van der Waals surface area contributed by atoms with Gasteiger partial charge in [0.1, 0.15) is 0 Å². The van der Waals surface area contributed by atoms with Gasteiger partial charge >= 0.3 is 24.8 Å². The minimum Gasteiger partial charge on any atom is -1.00 e. The number of hydrogen-bond donors (Lipinski definition) is 2. The summed E-state index contributed by atoms with van der Waals surface area (Å²) in [6.07, 6.45) is 0. The van der Waals surface area contributed by atoms with Crippen molar-refractivity contribution >= 4 is 22.7 Å². The van der Waals surface area contributed by atoms with Crippen molar-refractivity contribution in [3.8, 4) is 0 Å². The maximum absolute atomic E-state index is 11.0. The first-order chi connectivity index (χ1) is 9.15. The maximum atomic E-state index is 11.0. The minimum atomic E-state index is -0.910. The van der Waals surface area contributed by atoms with Gasteiger partial charge in [-0.2, -0.15) is 5.10 Å². The van der Waals surface area contributed by atoms with Crippen LogP contribution in [-0.2, 0) is 0 Å². The number of aromatic carboxylic acids is 1. The van der Waals surface area contributed by atoms with Crippen molar-refractivity contribution in [1.82, 2.24) is 15.1 Å². The Morgan fingerprint density at radius 2 is 2.05 bits per heavy atom. The van der Waals surface area contributed by atoms with Crippen LogP contribution in [0.5, 0.6) is 0 Å². The Kier molecular flexibility index (Phi) is 4.38. The predicted molar refractivity (Wildman–Crippen MR) is 73.9 cm³/mol. The average molecular weight is 268 g/mol. The molecule has 7 heteroatoms. The first-order valence-electron chi connectivity index (χ1n) is 6.30. The number of carboxylic acid groups (broad SMARTS) is 1. The van der Waals surface area contributed by atoms with E-state index in [2.05, 4.69) is 27.0 Å². The van der Waals surface area contributed by atoms with Crippen LogP contribution in [0.1, 0.15) is 11.8 Å². The molecule has 1 aliphatic rings. The average Bonchev–Trinajstić information content (AvgIpc) is 2.82. The van der Waals surface area contributed by atoms with Crippen LogP contribution in [-0.4, -0.2) is 59.4 Å². The third kappa shape index (κ3) is 2.68. The van der Waals surface area contributed by atoms with Gasteiger partial charge in [-0.15, -0.1) is 0 Å². The van der Waals surface area contributed by atoms with E-state index in [1.807, 2.05) is 0 Å². The Labute approximate surface area is 130 Å². The molecule has 1 aromatic heterocycles. The van der Waals surface area contributed by atoms with Crippen molar-refractivity contribution in [3.63, 3.8) is 0 Å². The van der Waals surface area contributed by atoms with Crippen molar-refractivity contribution in [2.45, 2.75) is 0 Å². The zero-order valence-corrected chi connectivity index (χ0v) is 11.8. The van der Waals surface area contributed by atoms with Crippen LogP contribution in [0.15, 0.2) is 18.2 Å². The second-order valence-electron chi connectivity index (χ2n) is 4.90. The maximum Gasteiger partial charge on any atom is 1.00 e. The molecular weight excluding hydrogens is 251 g/mol. The Balaban J connectivity index is 0.00000110. The Bertz CT molecular complexity index is 626. The van der Waals surface area contributed by atoms with E-state index in [0.717, 1.165) is 42.9 Å². The van der Waals surface area contributed by atoms with Gasteiger partial charge in [0.15, 0.2) is 5.82 Å². The smallest absolute Gasteiger partial charge is 1.00 e. The number of carbonyl (C=O) groups is 1. The van der Waals surface area contributed by atoms with Crippen LogP contribution < -0.4 is 23.8 Å². The number of rotatable bonds is 2. The second-order valence-corrected chi connectivity index (χ2v) is 4.90. The summed E-state index contributed by atoms with van der Waals surface area (Å²) in [6.45, 7) is 3.81. The van der Waals surface area contributed by atoms with Crippen molar-refractivity contribution in [1.29, 1.82) is 0 Å². The van der Waals surface area contributed by atoms with E-state index in [1.165, 1.54) is 0 Å². The number of nitrogens with zero attached hydrogens (tertiary/aromatic N) is 3. The number of hydrogen-bond acceptors (Lipinski definition) is 4. The summed E-state index contributed by atoms with van der Waals surface area (Å²) in [5, 5.41) is 17.2. The molecule has 0 saturated carbocycles. The summed E-state index contributed by atoms with van der Waals surface area (Å²) in [5.74, 6) is -0.0568. The van der Waals surface area contributed by atoms with Crippen molar-refractivity contribution in [2.75, 3.05) is 38.1 Å². The van der Waals surface area contributed by atoms with Gasteiger partial charge in [0, 0.05) is 31.6 Å². The third-order valence-electron chi connectivity index (χ3n) is 3.59. The Hall–Kier alpha value is -1.48. The molecule has 6 nitrogen and oxygen atoms in total. The summed E-state index contributed by atoms with van der Waals surface area (Å²) >= 11 is 0. The number of fused-ring (bicyclic) bond motifs is 1. The van der Waals surface area contributed by atoms with Crippen LogP contribution in [0.2, 0.25) is 0 Å². The minimum absolute atomic E-state index is 0. The van der Waals surface area contributed by atoms with E-state index in [9.17, 15) is 4.79 Å². The first kappa shape index (κ1) is 14.9. The molecule has 1 fully saturated rings. The zero-order chi connectivity index (χ0) is 13.4. The molecule has 0 spiro atoms. The number of H-pyrrole nitrogens is 1. The molecule has 0 bridgehead atoms. The van der Waals surface area contributed by atoms with Crippen LogP contribution in [0, 0.1) is 0 Å². The predicted octanol–water partition coefficient (Wildman–Crippen LogP) is -1.87. The second kappa shape index (κ2) is 5.88. The molecule has 0 atom stereocenters. The fourth-order valence-corrected chi connectivity index (χ4v) is 2.39. The van der Waals surface area contributed by atoms with Crippen LogP contribution in [0.25, 0.3) is 10.9 Å². The first-order valence-corrected chi connectivity index (χ1v) is 6.30. The van der Waals surface area contributed by atoms with Gasteiger partial charge < -0.3 is 16.3 Å². The Morgan fingerprint density at radius 1 is 1.35 bits per heavy atom. The quantitative estimate of drug-likeness (QED) is 0.624. The fourth-order valence-electron chi connectivity index (χ4n) is 2.39. The molecule has 102 valence electrons. The summed E-state index contributed by atoms with van der Waals surface area (Å²) in [4.78, 5) is 15.5. The number of aromatic amines is 1. The van der Waals surface area contributed by atoms with E-state index in [4.69, 9.17) is 5.11 Å². The fraction of sp³-hybridized carbons (Fsp3) is 0.385. The standard InChI is InChI=1S/C13H16N4O2.Li.H/c1-16-4-6-17(7-5-16)12-10-8-9(13(18)19)2-3-11(10)14-15-12;;/h2-3,8H,4-7H2,1H3,(H,14,15)(H,18,19);;/q;+1;-1. The number of aromatic nitrogens is 2. The van der Waals surface area contributed by atoms with Gasteiger partial charge in [-0.1, -0.05) is 0 Å². The molecule has 2 heterocycles. The summed E-state index contributed by atoms with van der Waals surface area (Å²) in [6, 6.07) is 5.05. The number of likely N-dealkylation sites (N-methyl/N-ethyl adjacent to an activating group) is 1. The molecule has 2 N–H and O–H groups in total. The van der Waals surface area contributed by atoms with E-state index in [0.29, 0.717) is 5.56 Å². The molecule has 0 amide bonds. The van der Waals surface area contributed by atoms with E-state index in [1.54, 1.807) is 18.2 Å². The number of anilines is 1. The summed E-state index contributed by atoms with van der Waals surface area (Å²) in [7, 11) is 2.10. The zero-order valence-electron chi connectivity index (χ0n) is 12.8. The monoisotopic (exact) mass is 268 g/mol. The molecule has 1 saturated heterocycles. The van der Waals surface area contributed by atoms with Crippen molar-refractivity contribution in [3.05, 3.63) is 23.8 Å². The Morgan fingerprint density at radius 3 is 2.70 bits per heavy atom. The van der Waals surface area contributed by atoms with Gasteiger partial charge in [-0.25, -0.2) is 4.79 Å². The third-order valence-corrected chi connectivity index (χ3v) is 3.59. The van der Waals surface area contributed by atoms with Gasteiger partial charge in [0.05, 0.1) is 11.1 Å². The molecular formula is C13H17LiN4O2. The number of nitrogens with one attached hydrogen (secondary N) is 1. The molecule has 0 unspecified atom stereocenters. The van der Waals surface area contributed by atoms with E-state index >= 15 is 0 Å². The topological polar surface area (TPSA) is 72.5 Å². The largest absolute Gasteiger partial charge is 1.00 e. The van der Waals surface area contributed by atoms with Gasteiger partial charge in [-0.3, -0.25) is 5.10 Å². The van der Waals surface area contributed by atoms with Crippen LogP contribution in [0.4, 0.5) is 5.82 Å². The van der Waals surface area contributed by atoms with Crippen molar-refractivity contribution < 1.29 is 30.2 Å². The normalized spacial score (nSPS) is 16.1. The van der Waals surface area contributed by atoms with Gasteiger partial charge in [0.2, 0.25) is 0 Å². The molecule has 0 aliphatic carbocycles.